The zero-order valence-electron chi connectivity index (χ0n) is 24.3. The summed E-state index contributed by atoms with van der Waals surface area (Å²) in [6.07, 6.45) is -4.78. The molecule has 1 aromatic heterocycles. The minimum Gasteiger partial charge on any atom is -0.495 e. The van der Waals surface area contributed by atoms with Gasteiger partial charge in [-0.05, 0) is 43.7 Å². The van der Waals surface area contributed by atoms with Crippen LogP contribution in [0.15, 0.2) is 76.3 Å². The highest BCUT2D eigenvalue weighted by Gasteiger charge is 2.35. The number of benzene rings is 3. The lowest BCUT2D eigenvalue weighted by molar-refractivity contribution is -0.138. The highest BCUT2D eigenvalue weighted by molar-refractivity contribution is 6.34. The van der Waals surface area contributed by atoms with Crippen molar-refractivity contribution in [2.75, 3.05) is 13.7 Å². The van der Waals surface area contributed by atoms with Crippen LogP contribution in [0.2, 0.25) is 5.02 Å². The van der Waals surface area contributed by atoms with Crippen LogP contribution < -0.4 is 21.3 Å². The molecule has 0 amide bonds. The molecule has 0 spiro atoms. The van der Waals surface area contributed by atoms with E-state index < -0.39 is 52.9 Å². The van der Waals surface area contributed by atoms with E-state index in [0.29, 0.717) is 5.56 Å². The number of aliphatic carboxylic acids is 1. The van der Waals surface area contributed by atoms with Gasteiger partial charge in [-0.25, -0.2) is 9.18 Å². The van der Waals surface area contributed by atoms with E-state index in [1.165, 1.54) is 20.1 Å². The molecule has 0 fully saturated rings. The van der Waals surface area contributed by atoms with Gasteiger partial charge in [0.2, 0.25) is 0 Å². The monoisotopic (exact) mass is 647 g/mol. The van der Waals surface area contributed by atoms with Crippen LogP contribution in [-0.2, 0) is 24.1 Å². The maximum atomic E-state index is 15.0. The first-order valence-electron chi connectivity index (χ1n) is 13.9. The summed E-state index contributed by atoms with van der Waals surface area (Å²) in [4.78, 5) is 39.2. The fraction of sp³-hybridized carbons (Fsp3) is 0.281. The number of hydrogen-bond donors (Lipinski definition) is 2. The molecule has 13 heteroatoms. The van der Waals surface area contributed by atoms with Crippen LogP contribution in [0.5, 0.6) is 5.75 Å². The molecule has 1 heterocycles. The summed E-state index contributed by atoms with van der Waals surface area (Å²) in [5.74, 6) is -1.94. The number of ether oxygens (including phenoxy) is 1. The summed E-state index contributed by atoms with van der Waals surface area (Å²) >= 11 is 6.58. The minimum atomic E-state index is -4.92. The van der Waals surface area contributed by atoms with E-state index in [1.807, 2.05) is 0 Å². The van der Waals surface area contributed by atoms with Crippen molar-refractivity contribution in [2.24, 2.45) is 0 Å². The van der Waals surface area contributed by atoms with Crippen LogP contribution in [0.1, 0.15) is 41.3 Å². The lowest BCUT2D eigenvalue weighted by Crippen LogP contribution is -2.45. The van der Waals surface area contributed by atoms with Gasteiger partial charge in [0.05, 0.1) is 42.4 Å². The largest absolute Gasteiger partial charge is 0.495 e. The fourth-order valence-corrected chi connectivity index (χ4v) is 5.43. The molecule has 0 bridgehead atoms. The Morgan fingerprint density at radius 2 is 1.71 bits per heavy atom. The zero-order chi connectivity index (χ0) is 32.9. The van der Waals surface area contributed by atoms with E-state index in [0.717, 1.165) is 27.3 Å². The topological polar surface area (TPSA) is 103 Å². The van der Waals surface area contributed by atoms with Crippen molar-refractivity contribution in [3.63, 3.8) is 0 Å². The van der Waals surface area contributed by atoms with Crippen molar-refractivity contribution in [1.29, 1.82) is 0 Å². The van der Waals surface area contributed by atoms with Gasteiger partial charge in [0.25, 0.3) is 5.56 Å². The second kappa shape index (κ2) is 14.1. The van der Waals surface area contributed by atoms with Gasteiger partial charge in [-0.1, -0.05) is 60.1 Å². The summed E-state index contributed by atoms with van der Waals surface area (Å²) < 4.78 is 63.9. The third-order valence-corrected chi connectivity index (χ3v) is 7.80. The molecule has 0 unspecified atom stereocenters. The third kappa shape index (κ3) is 7.46. The smallest absolute Gasteiger partial charge is 0.416 e. The van der Waals surface area contributed by atoms with Crippen LogP contribution in [0.3, 0.4) is 0 Å². The highest BCUT2D eigenvalue weighted by atomic mass is 35.5. The highest BCUT2D eigenvalue weighted by Crippen LogP contribution is 2.36. The maximum Gasteiger partial charge on any atom is 0.416 e. The van der Waals surface area contributed by atoms with Crippen LogP contribution in [0, 0.1) is 12.7 Å². The first-order chi connectivity index (χ1) is 21.3. The van der Waals surface area contributed by atoms with Gasteiger partial charge in [0.1, 0.15) is 11.6 Å². The first kappa shape index (κ1) is 33.5. The lowest BCUT2D eigenvalue weighted by atomic mass is 10.0. The molecule has 238 valence electrons. The molecule has 0 aliphatic carbocycles. The number of methoxy groups -OCH3 is 1. The molecule has 1 atom stereocenters. The van der Waals surface area contributed by atoms with Crippen LogP contribution in [-0.4, -0.2) is 33.9 Å². The van der Waals surface area contributed by atoms with Crippen LogP contribution in [0.25, 0.3) is 11.1 Å². The standard InChI is InChI=1S/C32H30ClF4N3O5/c1-19-28(21-11-6-14-26(45-2)29(21)33)30(43)40(18-25(20-9-4-3-5-10-20)38-16-8-15-27(41)42)31(44)39(19)17-22-23(32(35,36)37)12-7-13-24(22)34/h3-7,9-14,25,38H,8,15-18H2,1-2H3,(H,41,42)/t25-/m0/s1. The Bertz CT molecular complexity index is 1810. The van der Waals surface area contributed by atoms with E-state index in [2.05, 4.69) is 5.32 Å². The quantitative estimate of drug-likeness (QED) is 0.143. The molecule has 4 rings (SSSR count). The summed E-state index contributed by atoms with van der Waals surface area (Å²) in [6.45, 7) is 0.487. The van der Waals surface area contributed by atoms with Gasteiger partial charge in [-0.15, -0.1) is 0 Å². The van der Waals surface area contributed by atoms with E-state index in [1.54, 1.807) is 42.5 Å². The Kier molecular flexibility index (Phi) is 10.5. The van der Waals surface area contributed by atoms with Gasteiger partial charge in [0, 0.05) is 23.2 Å². The summed E-state index contributed by atoms with van der Waals surface area (Å²) in [5.41, 5.74) is -3.05. The van der Waals surface area contributed by atoms with E-state index >= 15 is 0 Å². The molecule has 0 aliphatic rings. The predicted octanol–water partition coefficient (Wildman–Crippen LogP) is 6.05. The normalized spacial score (nSPS) is 12.2. The number of rotatable bonds is 12. The van der Waals surface area contributed by atoms with Gasteiger partial charge < -0.3 is 15.2 Å². The number of nitrogens with one attached hydrogen (secondary N) is 1. The average Bonchev–Trinajstić information content (AvgIpc) is 2.99. The number of halogens is 5. The van der Waals surface area contributed by atoms with Gasteiger partial charge in [-0.3, -0.25) is 18.7 Å². The van der Waals surface area contributed by atoms with Crippen LogP contribution >= 0.6 is 11.6 Å². The van der Waals surface area contributed by atoms with Crippen molar-refractivity contribution < 1.29 is 32.2 Å². The van der Waals surface area contributed by atoms with Gasteiger partial charge in [0.15, 0.2) is 0 Å². The van der Waals surface area contributed by atoms with E-state index in [4.69, 9.17) is 21.4 Å². The molecule has 45 heavy (non-hydrogen) atoms. The molecule has 2 N–H and O–H groups in total. The molecule has 0 radical (unpaired) electrons. The Hall–Kier alpha value is -4.42. The number of carbonyl (C=O) groups is 1. The number of carboxylic acids is 1. The maximum absolute atomic E-state index is 15.0. The summed E-state index contributed by atoms with van der Waals surface area (Å²) in [7, 11) is 1.37. The second-order valence-electron chi connectivity index (χ2n) is 10.2. The van der Waals surface area contributed by atoms with Crippen molar-refractivity contribution in [3.05, 3.63) is 121 Å². The Morgan fingerprint density at radius 1 is 1.02 bits per heavy atom. The number of nitrogens with zero attached hydrogens (tertiary/aromatic N) is 2. The number of aromatic nitrogens is 2. The van der Waals surface area contributed by atoms with Gasteiger partial charge in [-0.2, -0.15) is 13.2 Å². The van der Waals surface area contributed by atoms with Crippen molar-refractivity contribution in [2.45, 2.75) is 45.1 Å². The van der Waals surface area contributed by atoms with E-state index in [9.17, 15) is 31.9 Å². The molecule has 3 aromatic carbocycles. The van der Waals surface area contributed by atoms with Crippen molar-refractivity contribution >= 4 is 17.6 Å². The molecule has 0 saturated heterocycles. The Morgan fingerprint density at radius 3 is 2.36 bits per heavy atom. The van der Waals surface area contributed by atoms with Crippen molar-refractivity contribution in [1.82, 2.24) is 14.5 Å². The fourth-order valence-electron chi connectivity index (χ4n) is 5.13. The lowest BCUT2D eigenvalue weighted by Gasteiger charge is -2.24. The zero-order valence-corrected chi connectivity index (χ0v) is 25.1. The average molecular weight is 648 g/mol. The number of carboxylic acid groups (broad SMARTS) is 1. The predicted molar refractivity (Wildman–Crippen MR) is 161 cm³/mol. The molecule has 8 nitrogen and oxygen atoms in total. The summed E-state index contributed by atoms with van der Waals surface area (Å²) in [6, 6.07) is 15.2. The molecular formula is C32H30ClF4N3O5. The Labute approximate surface area is 260 Å². The van der Waals surface area contributed by atoms with Crippen molar-refractivity contribution in [3.8, 4) is 16.9 Å². The number of hydrogen-bond acceptors (Lipinski definition) is 5. The molecule has 0 saturated carbocycles. The molecular weight excluding hydrogens is 618 g/mol. The first-order valence-corrected chi connectivity index (χ1v) is 14.2. The SMILES string of the molecule is COc1cccc(-c2c(C)n(Cc3c(F)cccc3C(F)(F)F)c(=O)n(C[C@H](NCCCC(=O)O)c3ccccc3)c2=O)c1Cl. The van der Waals surface area contributed by atoms with E-state index in [-0.39, 0.29) is 53.5 Å². The Balaban J connectivity index is 1.95. The van der Waals surface area contributed by atoms with Crippen LogP contribution in [0.4, 0.5) is 17.6 Å². The summed E-state index contributed by atoms with van der Waals surface area (Å²) in [5, 5.41) is 12.2. The molecule has 0 aliphatic heterocycles. The third-order valence-electron chi connectivity index (χ3n) is 7.41. The van der Waals surface area contributed by atoms with Gasteiger partial charge >= 0.3 is 17.8 Å². The second-order valence-corrected chi connectivity index (χ2v) is 10.6. The molecule has 4 aromatic rings. The minimum absolute atomic E-state index is 0.0292. The number of alkyl halides is 3.